The lowest BCUT2D eigenvalue weighted by Gasteiger charge is -2.07. The zero-order valence-electron chi connectivity index (χ0n) is 13.5. The van der Waals surface area contributed by atoms with Crippen molar-refractivity contribution in [2.24, 2.45) is 0 Å². The molecule has 0 aliphatic heterocycles. The van der Waals surface area contributed by atoms with Gasteiger partial charge in [-0.05, 0) is 49.4 Å². The highest BCUT2D eigenvalue weighted by Gasteiger charge is 2.08. The summed E-state index contributed by atoms with van der Waals surface area (Å²) in [5.74, 6) is -0.386. The van der Waals surface area contributed by atoms with E-state index in [9.17, 15) is 9.59 Å². The summed E-state index contributed by atoms with van der Waals surface area (Å²) < 4.78 is 1.03. The average molecular weight is 374 g/mol. The Balaban J connectivity index is 1.50. The number of halogens is 1. The number of nitrogens with one attached hydrogen (secondary N) is 2. The van der Waals surface area contributed by atoms with Crippen LogP contribution < -0.4 is 10.6 Å². The van der Waals surface area contributed by atoms with E-state index in [0.717, 1.165) is 20.9 Å². The number of anilines is 1. The summed E-state index contributed by atoms with van der Waals surface area (Å²) in [7, 11) is 0. The standard InChI is InChI=1S/C18H16ClN3O2S/c1-11-21-15-7-6-14(10-16(15)25-11)22-17(23)8-9-20-18(24)12-2-4-13(19)5-3-12/h2-7,10H,8-9H2,1H3,(H,20,24)(H,22,23). The van der Waals surface area contributed by atoms with Crippen molar-refractivity contribution >= 4 is 50.7 Å². The highest BCUT2D eigenvalue weighted by Crippen LogP contribution is 2.24. The van der Waals surface area contributed by atoms with Crippen molar-refractivity contribution < 1.29 is 9.59 Å². The Labute approximate surface area is 154 Å². The number of aryl methyl sites for hydroxylation is 1. The summed E-state index contributed by atoms with van der Waals surface area (Å²) >= 11 is 7.37. The zero-order chi connectivity index (χ0) is 17.8. The predicted octanol–water partition coefficient (Wildman–Crippen LogP) is 4.02. The first-order valence-electron chi connectivity index (χ1n) is 7.72. The summed E-state index contributed by atoms with van der Waals surface area (Å²) in [5, 5.41) is 7.12. The molecule has 3 aromatic rings. The molecule has 25 heavy (non-hydrogen) atoms. The third kappa shape index (κ3) is 4.55. The molecule has 1 heterocycles. The van der Waals surface area contributed by atoms with Gasteiger partial charge in [-0.1, -0.05) is 11.6 Å². The second-order valence-corrected chi connectivity index (χ2v) is 7.15. The van der Waals surface area contributed by atoms with Crippen LogP contribution in [0.5, 0.6) is 0 Å². The molecule has 1 aromatic heterocycles. The Kier molecular flexibility index (Phi) is 5.31. The van der Waals surface area contributed by atoms with Crippen molar-refractivity contribution in [1.29, 1.82) is 0 Å². The predicted molar refractivity (Wildman–Crippen MR) is 101 cm³/mol. The number of thiazole rings is 1. The van der Waals surface area contributed by atoms with Crippen molar-refractivity contribution in [3.05, 3.63) is 58.1 Å². The second-order valence-electron chi connectivity index (χ2n) is 5.48. The zero-order valence-corrected chi connectivity index (χ0v) is 15.1. The normalized spacial score (nSPS) is 10.6. The average Bonchev–Trinajstić information content (AvgIpc) is 2.94. The summed E-state index contributed by atoms with van der Waals surface area (Å²) in [5.41, 5.74) is 2.16. The fourth-order valence-electron chi connectivity index (χ4n) is 2.33. The minimum absolute atomic E-state index is 0.156. The van der Waals surface area contributed by atoms with Crippen molar-refractivity contribution in [2.75, 3.05) is 11.9 Å². The first-order chi connectivity index (χ1) is 12.0. The SMILES string of the molecule is Cc1nc2ccc(NC(=O)CCNC(=O)c3ccc(Cl)cc3)cc2s1. The van der Waals surface area contributed by atoms with E-state index in [-0.39, 0.29) is 24.8 Å². The Bertz CT molecular complexity index is 922. The van der Waals surface area contributed by atoms with Gasteiger partial charge in [-0.15, -0.1) is 11.3 Å². The number of aromatic nitrogens is 1. The number of fused-ring (bicyclic) bond motifs is 1. The maximum Gasteiger partial charge on any atom is 0.251 e. The molecule has 0 aliphatic carbocycles. The molecule has 0 radical (unpaired) electrons. The van der Waals surface area contributed by atoms with Gasteiger partial charge in [0.05, 0.1) is 15.2 Å². The summed E-state index contributed by atoms with van der Waals surface area (Å²) in [4.78, 5) is 28.4. The van der Waals surface area contributed by atoms with Gasteiger partial charge < -0.3 is 10.6 Å². The molecule has 0 saturated carbocycles. The van der Waals surface area contributed by atoms with Gasteiger partial charge in [0.2, 0.25) is 5.91 Å². The van der Waals surface area contributed by atoms with Gasteiger partial charge in [0.1, 0.15) is 0 Å². The molecule has 7 heteroatoms. The Morgan fingerprint density at radius 2 is 1.92 bits per heavy atom. The first kappa shape index (κ1) is 17.4. The van der Waals surface area contributed by atoms with Gasteiger partial charge in [-0.3, -0.25) is 9.59 Å². The van der Waals surface area contributed by atoms with E-state index in [1.165, 1.54) is 0 Å². The van der Waals surface area contributed by atoms with E-state index < -0.39 is 0 Å². The van der Waals surface area contributed by atoms with Crippen LogP contribution in [0.25, 0.3) is 10.2 Å². The van der Waals surface area contributed by atoms with Crippen LogP contribution in [-0.4, -0.2) is 23.3 Å². The maximum atomic E-state index is 12.0. The van der Waals surface area contributed by atoms with Gasteiger partial charge in [-0.25, -0.2) is 4.98 Å². The lowest BCUT2D eigenvalue weighted by molar-refractivity contribution is -0.116. The van der Waals surface area contributed by atoms with Crippen LogP contribution >= 0.6 is 22.9 Å². The van der Waals surface area contributed by atoms with E-state index in [2.05, 4.69) is 15.6 Å². The summed E-state index contributed by atoms with van der Waals surface area (Å²) in [6.07, 6.45) is 0.194. The fourth-order valence-corrected chi connectivity index (χ4v) is 3.33. The minimum atomic E-state index is -0.231. The van der Waals surface area contributed by atoms with Gasteiger partial charge in [-0.2, -0.15) is 0 Å². The van der Waals surface area contributed by atoms with Crippen molar-refractivity contribution in [3.8, 4) is 0 Å². The van der Waals surface area contributed by atoms with Crippen LogP contribution in [-0.2, 0) is 4.79 Å². The number of carbonyl (C=O) groups excluding carboxylic acids is 2. The number of rotatable bonds is 5. The first-order valence-corrected chi connectivity index (χ1v) is 8.91. The number of hydrogen-bond donors (Lipinski definition) is 2. The molecular weight excluding hydrogens is 358 g/mol. The van der Waals surface area contributed by atoms with Crippen molar-refractivity contribution in [2.45, 2.75) is 13.3 Å². The van der Waals surface area contributed by atoms with Crippen LogP contribution in [0.2, 0.25) is 5.02 Å². The smallest absolute Gasteiger partial charge is 0.251 e. The molecule has 0 spiro atoms. The second kappa shape index (κ2) is 7.63. The molecule has 5 nitrogen and oxygen atoms in total. The van der Waals surface area contributed by atoms with Crippen LogP contribution in [0.4, 0.5) is 5.69 Å². The van der Waals surface area contributed by atoms with Crippen LogP contribution in [0.3, 0.4) is 0 Å². The molecule has 2 aromatic carbocycles. The van der Waals surface area contributed by atoms with Crippen molar-refractivity contribution in [3.63, 3.8) is 0 Å². The largest absolute Gasteiger partial charge is 0.352 e. The molecular formula is C18H16ClN3O2S. The van der Waals surface area contributed by atoms with E-state index in [1.807, 2.05) is 25.1 Å². The van der Waals surface area contributed by atoms with E-state index in [0.29, 0.717) is 10.6 Å². The Morgan fingerprint density at radius 3 is 2.68 bits per heavy atom. The Hall–Kier alpha value is -2.44. The highest BCUT2D eigenvalue weighted by molar-refractivity contribution is 7.18. The van der Waals surface area contributed by atoms with E-state index in [4.69, 9.17) is 11.6 Å². The molecule has 0 fully saturated rings. The van der Waals surface area contributed by atoms with Crippen LogP contribution in [0.1, 0.15) is 21.8 Å². The summed E-state index contributed by atoms with van der Waals surface area (Å²) in [6.45, 7) is 2.21. The molecule has 0 atom stereocenters. The summed E-state index contributed by atoms with van der Waals surface area (Å²) in [6, 6.07) is 12.2. The molecule has 128 valence electrons. The number of carbonyl (C=O) groups is 2. The van der Waals surface area contributed by atoms with Gasteiger partial charge in [0.15, 0.2) is 0 Å². The van der Waals surface area contributed by atoms with Gasteiger partial charge >= 0.3 is 0 Å². The quantitative estimate of drug-likeness (QED) is 0.709. The Morgan fingerprint density at radius 1 is 1.16 bits per heavy atom. The molecule has 3 rings (SSSR count). The maximum absolute atomic E-state index is 12.0. The fraction of sp³-hybridized carbons (Fsp3) is 0.167. The minimum Gasteiger partial charge on any atom is -0.352 e. The van der Waals surface area contributed by atoms with Gasteiger partial charge in [0, 0.05) is 29.2 Å². The molecule has 0 bridgehead atoms. The lowest BCUT2D eigenvalue weighted by Crippen LogP contribution is -2.27. The number of benzene rings is 2. The molecule has 2 amide bonds. The van der Waals surface area contributed by atoms with Crippen molar-refractivity contribution in [1.82, 2.24) is 10.3 Å². The number of nitrogens with zero attached hydrogens (tertiary/aromatic N) is 1. The van der Waals surface area contributed by atoms with Crippen LogP contribution in [0.15, 0.2) is 42.5 Å². The van der Waals surface area contributed by atoms with Crippen LogP contribution in [0, 0.1) is 6.92 Å². The topological polar surface area (TPSA) is 71.1 Å². The third-order valence-corrected chi connectivity index (χ3v) is 4.71. The molecule has 2 N–H and O–H groups in total. The lowest BCUT2D eigenvalue weighted by atomic mass is 10.2. The number of hydrogen-bond acceptors (Lipinski definition) is 4. The van der Waals surface area contributed by atoms with Gasteiger partial charge in [0.25, 0.3) is 5.91 Å². The highest BCUT2D eigenvalue weighted by atomic mass is 35.5. The number of amides is 2. The molecule has 0 aliphatic rings. The molecule has 0 saturated heterocycles. The van der Waals surface area contributed by atoms with E-state index in [1.54, 1.807) is 35.6 Å². The molecule has 0 unspecified atom stereocenters. The van der Waals surface area contributed by atoms with E-state index >= 15 is 0 Å². The third-order valence-electron chi connectivity index (χ3n) is 3.52. The monoisotopic (exact) mass is 373 g/mol.